The molecule has 1 saturated heterocycles. The molecule has 0 bridgehead atoms. The fourth-order valence-corrected chi connectivity index (χ4v) is 4.92. The van der Waals surface area contributed by atoms with Crippen LogP contribution in [0.2, 0.25) is 0 Å². The van der Waals surface area contributed by atoms with Gasteiger partial charge in [-0.25, -0.2) is 17.6 Å². The summed E-state index contributed by atoms with van der Waals surface area (Å²) in [6.45, 7) is 3.37. The van der Waals surface area contributed by atoms with E-state index in [1.54, 1.807) is 35.0 Å². The fourth-order valence-electron chi connectivity index (χ4n) is 4.92. The van der Waals surface area contributed by atoms with Gasteiger partial charge >= 0.3 is 0 Å². The minimum atomic E-state index is -3.32. The van der Waals surface area contributed by atoms with Crippen molar-refractivity contribution < 1.29 is 26.9 Å². The van der Waals surface area contributed by atoms with Crippen LogP contribution in [0.3, 0.4) is 0 Å². The van der Waals surface area contributed by atoms with Crippen molar-refractivity contribution in [2.24, 2.45) is 0 Å². The number of aryl methyl sites for hydroxylation is 1. The van der Waals surface area contributed by atoms with Crippen LogP contribution in [0.25, 0.3) is 22.4 Å². The van der Waals surface area contributed by atoms with Crippen molar-refractivity contribution in [2.75, 3.05) is 25.5 Å². The van der Waals surface area contributed by atoms with Crippen molar-refractivity contribution in [3.05, 3.63) is 54.2 Å². The number of carbonyl (C=O) groups is 1. The molecule has 39 heavy (non-hydrogen) atoms. The molecule has 3 aromatic heterocycles. The van der Waals surface area contributed by atoms with Crippen LogP contribution in [0.5, 0.6) is 0 Å². The topological polar surface area (TPSA) is 93.2 Å². The highest BCUT2D eigenvalue weighted by Gasteiger charge is 2.31. The molecule has 0 saturated carbocycles. The maximum Gasteiger partial charge on any atom is 0.288 e. The number of amides is 1. The van der Waals surface area contributed by atoms with Gasteiger partial charge in [0.2, 0.25) is 18.0 Å². The van der Waals surface area contributed by atoms with Crippen molar-refractivity contribution in [3.8, 4) is 11.5 Å². The number of carbonyl (C=O) groups excluding carboxylic acids is 1. The van der Waals surface area contributed by atoms with E-state index in [1.165, 1.54) is 12.1 Å². The van der Waals surface area contributed by atoms with E-state index in [0.29, 0.717) is 36.3 Å². The Morgan fingerprint density at radius 1 is 1.23 bits per heavy atom. The number of nitrogens with zero attached hydrogens (tertiary/aromatic N) is 5. The SMILES string of the molecule is CCn1cccc1C(=O)NCc1nc(-c2cc3c(N[C@@H]4CCN(C)C[C@@H]4F)cccc3n2C(F)C(F)F)no1. The Kier molecular flexibility index (Phi) is 7.60. The first-order chi connectivity index (χ1) is 18.8. The summed E-state index contributed by atoms with van der Waals surface area (Å²) in [6, 6.07) is 9.21. The summed E-state index contributed by atoms with van der Waals surface area (Å²) in [6.07, 6.45) is -4.81. The number of anilines is 1. The molecule has 0 radical (unpaired) electrons. The van der Waals surface area contributed by atoms with Crippen LogP contribution in [0.1, 0.15) is 36.0 Å². The lowest BCUT2D eigenvalue weighted by molar-refractivity contribution is 0.0114. The van der Waals surface area contributed by atoms with Crippen molar-refractivity contribution in [3.63, 3.8) is 0 Å². The lowest BCUT2D eigenvalue weighted by Crippen LogP contribution is -2.46. The Bertz CT molecular complexity index is 1450. The number of alkyl halides is 4. The molecule has 9 nitrogen and oxygen atoms in total. The zero-order chi connectivity index (χ0) is 27.7. The Labute approximate surface area is 221 Å². The van der Waals surface area contributed by atoms with Gasteiger partial charge < -0.3 is 29.2 Å². The zero-order valence-corrected chi connectivity index (χ0v) is 21.5. The predicted octanol–water partition coefficient (Wildman–Crippen LogP) is 4.63. The molecule has 208 valence electrons. The van der Waals surface area contributed by atoms with E-state index in [2.05, 4.69) is 20.8 Å². The summed E-state index contributed by atoms with van der Waals surface area (Å²) in [5, 5.41) is 10.1. The number of benzene rings is 1. The van der Waals surface area contributed by atoms with Gasteiger partial charge in [0.25, 0.3) is 12.3 Å². The van der Waals surface area contributed by atoms with Gasteiger partial charge in [0, 0.05) is 36.9 Å². The van der Waals surface area contributed by atoms with Gasteiger partial charge in [-0.05, 0) is 50.7 Å². The lowest BCUT2D eigenvalue weighted by atomic mass is 10.0. The summed E-state index contributed by atoms with van der Waals surface area (Å²) >= 11 is 0. The van der Waals surface area contributed by atoms with Crippen LogP contribution in [0, 0.1) is 0 Å². The van der Waals surface area contributed by atoms with E-state index in [0.717, 1.165) is 4.57 Å². The van der Waals surface area contributed by atoms with Gasteiger partial charge in [-0.1, -0.05) is 11.2 Å². The number of halogens is 4. The molecule has 1 fully saturated rings. The molecule has 3 atom stereocenters. The number of aromatic nitrogens is 4. The number of nitrogens with one attached hydrogen (secondary N) is 2. The number of piperidine rings is 1. The van der Waals surface area contributed by atoms with Crippen LogP contribution in [-0.2, 0) is 13.1 Å². The first kappa shape index (κ1) is 26.7. The molecule has 1 amide bonds. The Balaban J connectivity index is 1.44. The molecule has 4 aromatic rings. The smallest absolute Gasteiger partial charge is 0.288 e. The highest BCUT2D eigenvalue weighted by Crippen LogP contribution is 2.37. The summed E-state index contributed by atoms with van der Waals surface area (Å²) < 4.78 is 64.7. The fraction of sp³-hybridized carbons (Fsp3) is 0.423. The molecule has 1 aliphatic rings. The number of hydrogen-bond acceptors (Lipinski definition) is 6. The average Bonchev–Trinajstić information content (AvgIpc) is 3.66. The number of hydrogen-bond donors (Lipinski definition) is 2. The van der Waals surface area contributed by atoms with Crippen LogP contribution in [-0.4, -0.2) is 68.9 Å². The summed E-state index contributed by atoms with van der Waals surface area (Å²) in [5.74, 6) is -0.459. The largest absolute Gasteiger partial charge is 0.379 e. The highest BCUT2D eigenvalue weighted by molar-refractivity contribution is 5.96. The zero-order valence-electron chi connectivity index (χ0n) is 21.5. The van der Waals surface area contributed by atoms with E-state index < -0.39 is 24.9 Å². The minimum Gasteiger partial charge on any atom is -0.379 e. The Morgan fingerprint density at radius 3 is 2.79 bits per heavy atom. The highest BCUT2D eigenvalue weighted by atomic mass is 19.3. The van der Waals surface area contributed by atoms with Crippen LogP contribution in [0.15, 0.2) is 47.1 Å². The molecule has 1 aromatic carbocycles. The molecular weight excluding hydrogens is 518 g/mol. The molecular formula is C26H29F4N7O2. The lowest BCUT2D eigenvalue weighted by Gasteiger charge is -2.33. The summed E-state index contributed by atoms with van der Waals surface area (Å²) in [7, 11) is 1.84. The van der Waals surface area contributed by atoms with Crippen molar-refractivity contribution in [2.45, 2.75) is 51.4 Å². The van der Waals surface area contributed by atoms with Gasteiger partial charge in [-0.2, -0.15) is 4.98 Å². The van der Waals surface area contributed by atoms with Crippen LogP contribution >= 0.6 is 0 Å². The Morgan fingerprint density at radius 2 is 2.05 bits per heavy atom. The molecule has 0 aliphatic carbocycles. The first-order valence-corrected chi connectivity index (χ1v) is 12.7. The molecule has 2 N–H and O–H groups in total. The summed E-state index contributed by atoms with van der Waals surface area (Å²) in [4.78, 5) is 18.6. The number of rotatable bonds is 9. The molecule has 1 aliphatic heterocycles. The van der Waals surface area contributed by atoms with Gasteiger partial charge in [0.15, 0.2) is 0 Å². The van der Waals surface area contributed by atoms with Gasteiger partial charge in [0.05, 0.1) is 23.8 Å². The third-order valence-corrected chi connectivity index (χ3v) is 6.92. The van der Waals surface area contributed by atoms with Gasteiger partial charge in [-0.3, -0.25) is 4.79 Å². The first-order valence-electron chi connectivity index (χ1n) is 12.7. The quantitative estimate of drug-likeness (QED) is 0.297. The van der Waals surface area contributed by atoms with Crippen LogP contribution < -0.4 is 10.6 Å². The van der Waals surface area contributed by atoms with E-state index >= 15 is 0 Å². The third-order valence-electron chi connectivity index (χ3n) is 6.92. The molecule has 5 rings (SSSR count). The second kappa shape index (κ2) is 11.1. The van der Waals surface area contributed by atoms with Crippen LogP contribution in [0.4, 0.5) is 23.2 Å². The molecule has 0 spiro atoms. The normalized spacial score (nSPS) is 19.1. The summed E-state index contributed by atoms with van der Waals surface area (Å²) in [5.41, 5.74) is 1.08. The van der Waals surface area contributed by atoms with E-state index in [9.17, 15) is 22.4 Å². The Hall–Kier alpha value is -3.87. The average molecular weight is 548 g/mol. The molecule has 13 heteroatoms. The van der Waals surface area contributed by atoms with Gasteiger partial charge in [-0.15, -0.1) is 0 Å². The number of fused-ring (bicyclic) bond motifs is 1. The second-order valence-electron chi connectivity index (χ2n) is 9.54. The van der Waals surface area contributed by atoms with Crippen molar-refractivity contribution in [1.29, 1.82) is 0 Å². The van der Waals surface area contributed by atoms with Crippen molar-refractivity contribution >= 4 is 22.5 Å². The standard InChI is InChI=1S/C26H29F4N7O2/c1-3-36-10-5-8-20(36)26(38)31-13-22-33-25(34-39-22)21-12-15-17(32-18-9-11-35(2)14-16(18)27)6-4-7-19(15)37(21)24(30)23(28)29/h4-8,10,12,16,18,23-24,32H,3,9,11,13-14H2,1-2H3,(H,31,38)/t16-,18+,24?/m0/s1. The van der Waals surface area contributed by atoms with E-state index in [4.69, 9.17) is 4.52 Å². The molecule has 1 unspecified atom stereocenters. The monoisotopic (exact) mass is 547 g/mol. The predicted molar refractivity (Wildman–Crippen MR) is 137 cm³/mol. The minimum absolute atomic E-state index is 0.0159. The van der Waals surface area contributed by atoms with Gasteiger partial charge in [0.1, 0.15) is 11.9 Å². The molecule has 4 heterocycles. The van der Waals surface area contributed by atoms with E-state index in [1.807, 2.05) is 18.9 Å². The maximum atomic E-state index is 14.9. The second-order valence-corrected chi connectivity index (χ2v) is 9.54. The number of likely N-dealkylation sites (tertiary alicyclic amines) is 1. The van der Waals surface area contributed by atoms with Crippen molar-refractivity contribution in [1.82, 2.24) is 29.5 Å². The maximum absolute atomic E-state index is 14.9. The van der Waals surface area contributed by atoms with E-state index in [-0.39, 0.29) is 41.9 Å². The third kappa shape index (κ3) is 5.35.